The number of nitrogens with zero attached hydrogens (tertiary/aromatic N) is 1. The highest BCUT2D eigenvalue weighted by molar-refractivity contribution is 7.89. The average molecular weight is 339 g/mol. The summed E-state index contributed by atoms with van der Waals surface area (Å²) in [7, 11) is -4.13. The van der Waals surface area contributed by atoms with E-state index in [-0.39, 0.29) is 11.3 Å². The third-order valence-electron chi connectivity index (χ3n) is 3.38. The number of carbonyl (C=O) groups is 3. The van der Waals surface area contributed by atoms with E-state index in [0.717, 1.165) is 6.42 Å². The molecule has 0 N–H and O–H groups in total. The molecule has 1 aromatic rings. The van der Waals surface area contributed by atoms with Crippen molar-refractivity contribution >= 4 is 27.7 Å². The van der Waals surface area contributed by atoms with Crippen LogP contribution in [0.25, 0.3) is 0 Å². The van der Waals surface area contributed by atoms with Gasteiger partial charge in [0.05, 0.1) is 4.90 Å². The number of ketones is 1. The number of sulfonamides is 1. The molecule has 1 fully saturated rings. The van der Waals surface area contributed by atoms with Crippen LogP contribution in [-0.2, 0) is 29.1 Å². The maximum atomic E-state index is 12.4. The Labute approximate surface area is 134 Å². The van der Waals surface area contributed by atoms with Crippen molar-refractivity contribution in [2.24, 2.45) is 0 Å². The van der Waals surface area contributed by atoms with E-state index in [1.807, 2.05) is 6.92 Å². The molecule has 2 rings (SSSR count). The van der Waals surface area contributed by atoms with Gasteiger partial charge in [-0.2, -0.15) is 0 Å². The summed E-state index contributed by atoms with van der Waals surface area (Å²) >= 11 is 0. The van der Waals surface area contributed by atoms with Crippen molar-refractivity contribution in [2.45, 2.75) is 37.2 Å². The Morgan fingerprint density at radius 2 is 1.91 bits per heavy atom. The summed E-state index contributed by atoms with van der Waals surface area (Å²) < 4.78 is 30.1. The quantitative estimate of drug-likeness (QED) is 0.564. The maximum Gasteiger partial charge on any atom is 0.307 e. The lowest BCUT2D eigenvalue weighted by Crippen LogP contribution is -2.36. The van der Waals surface area contributed by atoms with E-state index in [1.165, 1.54) is 24.3 Å². The molecule has 0 bridgehead atoms. The lowest BCUT2D eigenvalue weighted by molar-refractivity contribution is -0.158. The Morgan fingerprint density at radius 1 is 1.26 bits per heavy atom. The number of hydrogen-bond acceptors (Lipinski definition) is 6. The first-order chi connectivity index (χ1) is 10.9. The monoisotopic (exact) mass is 339 g/mol. The van der Waals surface area contributed by atoms with Crippen LogP contribution in [0.2, 0.25) is 0 Å². The summed E-state index contributed by atoms with van der Waals surface area (Å²) in [6.45, 7) is 1.26. The number of amides is 1. The summed E-state index contributed by atoms with van der Waals surface area (Å²) in [6, 6.07) is 7.31. The molecule has 8 heteroatoms. The molecule has 1 aromatic carbocycles. The third kappa shape index (κ3) is 3.58. The van der Waals surface area contributed by atoms with E-state index in [2.05, 4.69) is 0 Å². The van der Waals surface area contributed by atoms with E-state index in [1.54, 1.807) is 6.07 Å². The van der Waals surface area contributed by atoms with Crippen molar-refractivity contribution in [3.63, 3.8) is 0 Å². The molecule has 1 saturated heterocycles. The first-order valence-electron chi connectivity index (χ1n) is 7.21. The second-order valence-corrected chi connectivity index (χ2v) is 6.97. The highest BCUT2D eigenvalue weighted by atomic mass is 32.2. The fourth-order valence-electron chi connectivity index (χ4n) is 2.12. The molecule has 23 heavy (non-hydrogen) atoms. The summed E-state index contributed by atoms with van der Waals surface area (Å²) in [5, 5.41) is 0. The second-order valence-electron chi connectivity index (χ2n) is 5.10. The number of unbranched alkanes of at least 4 members (excludes halogenated alkanes) is 1. The zero-order valence-electron chi connectivity index (χ0n) is 12.6. The summed E-state index contributed by atoms with van der Waals surface area (Å²) in [5.41, 5.74) is 0. The molecular weight excluding hydrogens is 322 g/mol. The molecular formula is C15H17NO6S. The fraction of sp³-hybridized carbons (Fsp3) is 0.400. The Bertz CT molecular complexity index is 713. The van der Waals surface area contributed by atoms with Crippen molar-refractivity contribution in [3.8, 4) is 0 Å². The Morgan fingerprint density at radius 3 is 2.52 bits per heavy atom. The van der Waals surface area contributed by atoms with Crippen molar-refractivity contribution in [1.29, 1.82) is 0 Å². The minimum Gasteiger partial charge on any atom is -0.444 e. The first-order valence-corrected chi connectivity index (χ1v) is 8.65. The molecule has 124 valence electrons. The van der Waals surface area contributed by atoms with E-state index >= 15 is 0 Å². The number of esters is 1. The molecule has 0 saturated carbocycles. The van der Waals surface area contributed by atoms with E-state index < -0.39 is 40.3 Å². The van der Waals surface area contributed by atoms with Crippen LogP contribution in [0.5, 0.6) is 0 Å². The van der Waals surface area contributed by atoms with Crippen LogP contribution in [0.15, 0.2) is 35.2 Å². The highest BCUT2D eigenvalue weighted by Crippen LogP contribution is 2.22. The SMILES string of the molecule is CCCCC(=O)OC1C(=O)CN(S(=O)(=O)c2ccccc2)C1=O. The Balaban J connectivity index is 2.17. The van der Waals surface area contributed by atoms with Crippen LogP contribution < -0.4 is 0 Å². The van der Waals surface area contributed by atoms with Gasteiger partial charge in [-0.3, -0.25) is 14.4 Å². The number of benzene rings is 1. The van der Waals surface area contributed by atoms with E-state index in [4.69, 9.17) is 4.74 Å². The second kappa shape index (κ2) is 6.91. The molecule has 0 aliphatic carbocycles. The predicted molar refractivity (Wildman–Crippen MR) is 79.8 cm³/mol. The van der Waals surface area contributed by atoms with Crippen molar-refractivity contribution in [2.75, 3.05) is 6.54 Å². The summed E-state index contributed by atoms with van der Waals surface area (Å²) in [6.07, 6.45) is -0.257. The molecule has 1 aliphatic heterocycles. The summed E-state index contributed by atoms with van der Waals surface area (Å²) in [4.78, 5) is 35.6. The largest absolute Gasteiger partial charge is 0.444 e. The van der Waals surface area contributed by atoms with E-state index in [0.29, 0.717) is 10.7 Å². The highest BCUT2D eigenvalue weighted by Gasteiger charge is 2.47. The number of Topliss-reactive ketones (excluding diaryl/α,β-unsaturated/α-hetero) is 1. The number of carbonyl (C=O) groups excluding carboxylic acids is 3. The van der Waals surface area contributed by atoms with Gasteiger partial charge in [0.25, 0.3) is 15.9 Å². The fourth-order valence-corrected chi connectivity index (χ4v) is 3.51. The molecule has 1 unspecified atom stereocenters. The molecule has 0 spiro atoms. The minimum atomic E-state index is -4.13. The van der Waals surface area contributed by atoms with Gasteiger partial charge in [-0.1, -0.05) is 31.5 Å². The van der Waals surface area contributed by atoms with Crippen LogP contribution in [0, 0.1) is 0 Å². The molecule has 7 nitrogen and oxygen atoms in total. The van der Waals surface area contributed by atoms with Crippen molar-refractivity contribution < 1.29 is 27.5 Å². The van der Waals surface area contributed by atoms with Gasteiger partial charge in [0, 0.05) is 6.42 Å². The topological polar surface area (TPSA) is 97.8 Å². The van der Waals surface area contributed by atoms with Gasteiger partial charge in [-0.15, -0.1) is 0 Å². The minimum absolute atomic E-state index is 0.0823. The van der Waals surface area contributed by atoms with Gasteiger partial charge >= 0.3 is 5.97 Å². The third-order valence-corrected chi connectivity index (χ3v) is 5.13. The Hall–Kier alpha value is -2.22. The molecule has 0 aromatic heterocycles. The van der Waals surface area contributed by atoms with Crippen molar-refractivity contribution in [3.05, 3.63) is 30.3 Å². The maximum absolute atomic E-state index is 12.4. The molecule has 1 heterocycles. The van der Waals surface area contributed by atoms with E-state index in [9.17, 15) is 22.8 Å². The standard InChI is InChI=1S/C15H17NO6S/c1-2-3-9-13(18)22-14-12(17)10-16(15(14)19)23(20,21)11-7-5-4-6-8-11/h4-8,14H,2-3,9-10H2,1H3. The van der Waals surface area contributed by atoms with Crippen LogP contribution >= 0.6 is 0 Å². The van der Waals surface area contributed by atoms with Crippen molar-refractivity contribution in [1.82, 2.24) is 4.31 Å². The molecule has 1 aliphatic rings. The normalized spacial score (nSPS) is 18.3. The zero-order chi connectivity index (χ0) is 17.0. The molecule has 1 atom stereocenters. The molecule has 1 amide bonds. The van der Waals surface area contributed by atoms with Gasteiger partial charge in [-0.05, 0) is 18.6 Å². The van der Waals surface area contributed by atoms with Crippen LogP contribution in [0.3, 0.4) is 0 Å². The average Bonchev–Trinajstić information content (AvgIpc) is 2.82. The number of ether oxygens (including phenoxy) is 1. The zero-order valence-corrected chi connectivity index (χ0v) is 13.4. The Kier molecular flexibility index (Phi) is 5.15. The van der Waals surface area contributed by atoms with Gasteiger partial charge in [0.15, 0.2) is 0 Å². The lowest BCUT2D eigenvalue weighted by atomic mass is 10.2. The van der Waals surface area contributed by atoms with Gasteiger partial charge in [0.1, 0.15) is 6.54 Å². The number of hydrogen-bond donors (Lipinski definition) is 0. The molecule has 0 radical (unpaired) electrons. The lowest BCUT2D eigenvalue weighted by Gasteiger charge is -2.16. The van der Waals surface area contributed by atoms with Crippen LogP contribution in [0.1, 0.15) is 26.2 Å². The van der Waals surface area contributed by atoms with Gasteiger partial charge in [0.2, 0.25) is 11.9 Å². The smallest absolute Gasteiger partial charge is 0.307 e. The predicted octanol–water partition coefficient (Wildman–Crippen LogP) is 0.889. The number of rotatable bonds is 6. The van der Waals surface area contributed by atoms with Crippen LogP contribution in [0.4, 0.5) is 0 Å². The van der Waals surface area contributed by atoms with Gasteiger partial charge in [-0.25, -0.2) is 12.7 Å². The van der Waals surface area contributed by atoms with Crippen LogP contribution in [-0.4, -0.2) is 43.0 Å². The first kappa shape index (κ1) is 17.1. The summed E-state index contributed by atoms with van der Waals surface area (Å²) in [5.74, 6) is -2.44. The van der Waals surface area contributed by atoms with Gasteiger partial charge < -0.3 is 4.74 Å².